The molecule has 0 saturated carbocycles. The molecule has 0 bridgehead atoms. The Bertz CT molecular complexity index is 281. The Kier molecular flexibility index (Phi) is 3.94. The molecule has 0 aromatic heterocycles. The highest BCUT2D eigenvalue weighted by molar-refractivity contribution is 8.00. The minimum absolute atomic E-state index is 0.129. The average molecular weight is 249 g/mol. The number of carbonyl (C=O) groups excluding carboxylic acids is 1. The van der Waals surface area contributed by atoms with Crippen LogP contribution in [0.25, 0.3) is 0 Å². The topological polar surface area (TPSA) is 57.6 Å². The van der Waals surface area contributed by atoms with Gasteiger partial charge >= 0.3 is 5.97 Å². The highest BCUT2D eigenvalue weighted by atomic mass is 32.2. The molecule has 0 spiro atoms. The third-order valence-electron chi connectivity index (χ3n) is 2.43. The molecule has 0 aromatic rings. The number of hydrogen-bond acceptors (Lipinski definition) is 4. The summed E-state index contributed by atoms with van der Waals surface area (Å²) in [5.74, 6) is -0.156. The molecule has 0 aliphatic carbocycles. The van der Waals surface area contributed by atoms with Crippen LogP contribution in [0, 0.1) is 0 Å². The second-order valence-electron chi connectivity index (χ2n) is 3.95. The van der Waals surface area contributed by atoms with Crippen LogP contribution in [-0.2, 0) is 9.59 Å². The van der Waals surface area contributed by atoms with Gasteiger partial charge in [0, 0.05) is 11.2 Å². The van der Waals surface area contributed by atoms with E-state index in [4.69, 9.17) is 5.11 Å². The number of hydrogen-bond donors (Lipinski definition) is 2. The molecule has 1 amide bonds. The highest BCUT2D eigenvalue weighted by Crippen LogP contribution is 2.39. The zero-order valence-corrected chi connectivity index (χ0v) is 10.5. The number of aliphatic carboxylic acids is 1. The highest BCUT2D eigenvalue weighted by Gasteiger charge is 2.47. The van der Waals surface area contributed by atoms with Crippen molar-refractivity contribution < 1.29 is 14.7 Å². The maximum absolute atomic E-state index is 11.6. The Morgan fingerprint density at radius 2 is 2.20 bits per heavy atom. The van der Waals surface area contributed by atoms with Gasteiger partial charge in [0.1, 0.15) is 6.04 Å². The van der Waals surface area contributed by atoms with Crippen molar-refractivity contribution >= 4 is 36.3 Å². The Morgan fingerprint density at radius 3 is 2.67 bits per heavy atom. The molecule has 1 heterocycles. The fourth-order valence-electron chi connectivity index (χ4n) is 1.65. The number of carbonyl (C=O) groups is 2. The maximum atomic E-state index is 11.6. The molecule has 1 atom stereocenters. The van der Waals surface area contributed by atoms with Gasteiger partial charge in [-0.2, -0.15) is 12.6 Å². The number of nitrogens with zero attached hydrogens (tertiary/aromatic N) is 1. The van der Waals surface area contributed by atoms with Crippen molar-refractivity contribution in [1.29, 1.82) is 0 Å². The van der Waals surface area contributed by atoms with Crippen molar-refractivity contribution in [2.75, 3.05) is 11.6 Å². The molecule has 1 fully saturated rings. The summed E-state index contributed by atoms with van der Waals surface area (Å²) < 4.78 is -0.419. The van der Waals surface area contributed by atoms with Gasteiger partial charge in [0.05, 0.1) is 5.88 Å². The second kappa shape index (κ2) is 4.65. The molecule has 1 saturated heterocycles. The van der Waals surface area contributed by atoms with E-state index in [0.717, 1.165) is 0 Å². The minimum atomic E-state index is -0.933. The van der Waals surface area contributed by atoms with E-state index in [9.17, 15) is 9.59 Å². The van der Waals surface area contributed by atoms with Crippen LogP contribution in [0.4, 0.5) is 0 Å². The average Bonchev–Trinajstić information content (AvgIpc) is 2.41. The molecule has 1 aliphatic rings. The van der Waals surface area contributed by atoms with Gasteiger partial charge < -0.3 is 10.0 Å². The molecule has 1 N–H and O–H groups in total. The Morgan fingerprint density at radius 1 is 1.60 bits per heavy atom. The number of rotatable bonds is 3. The van der Waals surface area contributed by atoms with E-state index in [0.29, 0.717) is 18.1 Å². The lowest BCUT2D eigenvalue weighted by molar-refractivity contribution is -0.149. The lowest BCUT2D eigenvalue weighted by atomic mass is 10.0. The molecule has 1 aliphatic heterocycles. The first-order chi connectivity index (χ1) is 6.90. The van der Waals surface area contributed by atoms with Crippen LogP contribution in [0.1, 0.15) is 20.3 Å². The van der Waals surface area contributed by atoms with E-state index in [1.54, 1.807) is 0 Å². The zero-order chi connectivity index (χ0) is 11.6. The Labute approximate surface area is 98.8 Å². The normalized spacial score (nSPS) is 24.2. The summed E-state index contributed by atoms with van der Waals surface area (Å²) in [6.07, 6.45) is 0.295. The smallest absolute Gasteiger partial charge is 0.327 e. The van der Waals surface area contributed by atoms with Gasteiger partial charge in [-0.3, -0.25) is 4.79 Å². The van der Waals surface area contributed by atoms with Gasteiger partial charge in [-0.15, -0.1) is 11.8 Å². The van der Waals surface area contributed by atoms with Crippen molar-refractivity contribution in [2.45, 2.75) is 31.1 Å². The van der Waals surface area contributed by atoms with E-state index in [-0.39, 0.29) is 5.91 Å². The van der Waals surface area contributed by atoms with Crippen LogP contribution < -0.4 is 0 Å². The van der Waals surface area contributed by atoms with Crippen LogP contribution in [0.3, 0.4) is 0 Å². The lowest BCUT2D eigenvalue weighted by Gasteiger charge is -2.27. The third-order valence-corrected chi connectivity index (χ3v) is 4.02. The van der Waals surface area contributed by atoms with E-state index >= 15 is 0 Å². The van der Waals surface area contributed by atoms with Crippen molar-refractivity contribution in [3.63, 3.8) is 0 Å². The summed E-state index contributed by atoms with van der Waals surface area (Å²) in [6.45, 7) is 3.70. The molecule has 0 radical (unpaired) electrons. The molecule has 15 heavy (non-hydrogen) atoms. The van der Waals surface area contributed by atoms with Crippen LogP contribution in [0.2, 0.25) is 0 Å². The fourth-order valence-corrected chi connectivity index (χ4v) is 2.99. The van der Waals surface area contributed by atoms with Crippen molar-refractivity contribution in [2.24, 2.45) is 0 Å². The van der Waals surface area contributed by atoms with Gasteiger partial charge in [0.25, 0.3) is 0 Å². The number of amides is 1. The first kappa shape index (κ1) is 12.7. The third kappa shape index (κ3) is 2.60. The van der Waals surface area contributed by atoms with Gasteiger partial charge in [-0.25, -0.2) is 4.79 Å². The second-order valence-corrected chi connectivity index (χ2v) is 6.00. The summed E-state index contributed by atoms with van der Waals surface area (Å²) in [4.78, 5) is 24.2. The molecule has 0 aromatic carbocycles. The Hall–Kier alpha value is -0.360. The monoisotopic (exact) mass is 249 g/mol. The van der Waals surface area contributed by atoms with Crippen LogP contribution >= 0.6 is 24.4 Å². The zero-order valence-electron chi connectivity index (χ0n) is 8.77. The summed E-state index contributed by atoms with van der Waals surface area (Å²) in [7, 11) is 0. The van der Waals surface area contributed by atoms with Gasteiger partial charge in [0.15, 0.2) is 0 Å². The largest absolute Gasteiger partial charge is 0.480 e. The molecule has 4 nitrogen and oxygen atoms in total. The fraction of sp³-hybridized carbons (Fsp3) is 0.778. The van der Waals surface area contributed by atoms with Crippen molar-refractivity contribution in [1.82, 2.24) is 4.90 Å². The number of carboxylic acid groups (broad SMARTS) is 1. The van der Waals surface area contributed by atoms with E-state index in [2.05, 4.69) is 12.6 Å². The van der Waals surface area contributed by atoms with Gasteiger partial charge in [-0.05, 0) is 19.6 Å². The molecule has 1 unspecified atom stereocenters. The van der Waals surface area contributed by atoms with Crippen molar-refractivity contribution in [3.8, 4) is 0 Å². The van der Waals surface area contributed by atoms with Crippen molar-refractivity contribution in [3.05, 3.63) is 0 Å². The first-order valence-electron chi connectivity index (χ1n) is 4.67. The predicted octanol–water partition coefficient (Wildman–Crippen LogP) is 1.07. The SMILES string of the molecule is CC1(C)SCN(C(=O)CCS)C1C(=O)O. The van der Waals surface area contributed by atoms with Crippen LogP contribution in [-0.4, -0.2) is 44.3 Å². The lowest BCUT2D eigenvalue weighted by Crippen LogP contribution is -2.48. The molecule has 6 heteroatoms. The first-order valence-corrected chi connectivity index (χ1v) is 6.29. The van der Waals surface area contributed by atoms with Gasteiger partial charge in [0.2, 0.25) is 5.91 Å². The van der Waals surface area contributed by atoms with E-state index in [1.165, 1.54) is 16.7 Å². The van der Waals surface area contributed by atoms with Crippen LogP contribution in [0.15, 0.2) is 0 Å². The quantitative estimate of drug-likeness (QED) is 0.735. The summed E-state index contributed by atoms with van der Waals surface area (Å²) >= 11 is 5.47. The molecule has 86 valence electrons. The summed E-state index contributed by atoms with van der Waals surface area (Å²) in [5, 5.41) is 9.11. The molecule has 1 rings (SSSR count). The standard InChI is InChI=1S/C9H15NO3S2/c1-9(2)7(8(12)13)10(5-15-9)6(11)3-4-14/h7,14H,3-5H2,1-2H3,(H,12,13). The number of thioether (sulfide) groups is 1. The van der Waals surface area contributed by atoms with Crippen LogP contribution in [0.5, 0.6) is 0 Å². The molecular weight excluding hydrogens is 234 g/mol. The van der Waals surface area contributed by atoms with E-state index in [1.807, 2.05) is 13.8 Å². The molecular formula is C9H15NO3S2. The summed E-state index contributed by atoms with van der Waals surface area (Å²) in [5.41, 5.74) is 0. The number of carboxylic acids is 1. The summed E-state index contributed by atoms with van der Waals surface area (Å²) in [6, 6.07) is -0.727. The van der Waals surface area contributed by atoms with Gasteiger partial charge in [-0.1, -0.05) is 0 Å². The Balaban J connectivity index is 2.83. The van der Waals surface area contributed by atoms with E-state index < -0.39 is 16.8 Å². The minimum Gasteiger partial charge on any atom is -0.480 e. The predicted molar refractivity (Wildman–Crippen MR) is 63.3 cm³/mol. The number of thiol groups is 1. The maximum Gasteiger partial charge on any atom is 0.327 e.